The van der Waals surface area contributed by atoms with Gasteiger partial charge in [0.25, 0.3) is 5.91 Å². The molecule has 0 heterocycles. The van der Waals surface area contributed by atoms with Crippen molar-refractivity contribution in [3.05, 3.63) is 29.8 Å². The topological polar surface area (TPSA) is 59.9 Å². The van der Waals surface area contributed by atoms with Crippen molar-refractivity contribution in [1.29, 1.82) is 0 Å². The molecule has 0 saturated heterocycles. The molecule has 0 saturated carbocycles. The second-order valence-corrected chi connectivity index (χ2v) is 3.95. The van der Waals surface area contributed by atoms with Gasteiger partial charge < -0.3 is 14.9 Å². The van der Waals surface area contributed by atoms with Crippen LogP contribution in [0.1, 0.15) is 25.3 Å². The van der Waals surface area contributed by atoms with Crippen molar-refractivity contribution in [2.24, 2.45) is 5.16 Å². The number of rotatable bonds is 8. The van der Waals surface area contributed by atoms with Crippen LogP contribution < -0.4 is 10.1 Å². The summed E-state index contributed by atoms with van der Waals surface area (Å²) in [6.45, 7) is 2.67. The highest BCUT2D eigenvalue weighted by Gasteiger charge is 2.00. The summed E-state index contributed by atoms with van der Waals surface area (Å²) in [6, 6.07) is 7.44. The lowest BCUT2D eigenvalue weighted by molar-refractivity contribution is -0.125. The molecular weight excluding hydrogens is 244 g/mol. The normalized spacial score (nSPS) is 10.4. The summed E-state index contributed by atoms with van der Waals surface area (Å²) >= 11 is 0. The number of para-hydroxylation sites is 1. The summed E-state index contributed by atoms with van der Waals surface area (Å²) < 4.78 is 5.16. The van der Waals surface area contributed by atoms with E-state index in [1.54, 1.807) is 7.11 Å². The largest absolute Gasteiger partial charge is 0.496 e. The number of hydrogen-bond donors (Lipinski definition) is 1. The van der Waals surface area contributed by atoms with E-state index in [9.17, 15) is 4.79 Å². The molecule has 19 heavy (non-hydrogen) atoms. The Kier molecular flexibility index (Phi) is 7.09. The standard InChI is InChI=1S/C14H20N2O3/c1-3-4-9-15-14(17)11-19-16-10-12-7-5-6-8-13(12)18-2/h5-8,10H,3-4,9,11H2,1-2H3,(H,15,17)/b16-10+. The van der Waals surface area contributed by atoms with Gasteiger partial charge in [0.15, 0.2) is 6.61 Å². The third-order valence-corrected chi connectivity index (χ3v) is 2.45. The molecule has 0 aliphatic carbocycles. The number of unbranched alkanes of at least 4 members (excludes halogenated alkanes) is 1. The van der Waals surface area contributed by atoms with Crippen LogP contribution in [0.25, 0.3) is 0 Å². The zero-order valence-corrected chi connectivity index (χ0v) is 11.4. The lowest BCUT2D eigenvalue weighted by Crippen LogP contribution is -2.27. The van der Waals surface area contributed by atoms with E-state index in [1.165, 1.54) is 6.21 Å². The van der Waals surface area contributed by atoms with Crippen molar-refractivity contribution in [2.45, 2.75) is 19.8 Å². The van der Waals surface area contributed by atoms with Gasteiger partial charge >= 0.3 is 0 Å². The highest BCUT2D eigenvalue weighted by atomic mass is 16.6. The fraction of sp³-hybridized carbons (Fsp3) is 0.429. The van der Waals surface area contributed by atoms with Crippen LogP contribution in [0.5, 0.6) is 5.75 Å². The van der Waals surface area contributed by atoms with Gasteiger partial charge in [0.1, 0.15) is 5.75 Å². The van der Waals surface area contributed by atoms with Crippen LogP contribution in [0.15, 0.2) is 29.4 Å². The summed E-state index contributed by atoms with van der Waals surface area (Å²) in [4.78, 5) is 16.2. The predicted molar refractivity (Wildman–Crippen MR) is 74.5 cm³/mol. The highest BCUT2D eigenvalue weighted by Crippen LogP contribution is 2.14. The van der Waals surface area contributed by atoms with Crippen molar-refractivity contribution in [3.63, 3.8) is 0 Å². The fourth-order valence-electron chi connectivity index (χ4n) is 1.42. The quantitative estimate of drug-likeness (QED) is 0.443. The minimum absolute atomic E-state index is 0.0740. The minimum Gasteiger partial charge on any atom is -0.496 e. The number of nitrogens with one attached hydrogen (secondary N) is 1. The Bertz CT molecular complexity index is 419. The van der Waals surface area contributed by atoms with Crippen LogP contribution in [0.2, 0.25) is 0 Å². The molecule has 1 N–H and O–H groups in total. The molecule has 0 aromatic heterocycles. The Balaban J connectivity index is 2.32. The molecular formula is C14H20N2O3. The number of hydrogen-bond acceptors (Lipinski definition) is 4. The molecule has 104 valence electrons. The number of benzene rings is 1. The molecule has 1 amide bonds. The Hall–Kier alpha value is -2.04. The third-order valence-electron chi connectivity index (χ3n) is 2.45. The fourth-order valence-corrected chi connectivity index (χ4v) is 1.42. The average Bonchev–Trinajstić information content (AvgIpc) is 2.44. The number of amides is 1. The molecule has 0 bridgehead atoms. The van der Waals surface area contributed by atoms with Gasteiger partial charge in [0.2, 0.25) is 0 Å². The van der Waals surface area contributed by atoms with E-state index in [0.717, 1.165) is 18.4 Å². The van der Waals surface area contributed by atoms with E-state index in [-0.39, 0.29) is 12.5 Å². The zero-order chi connectivity index (χ0) is 13.9. The second-order valence-electron chi connectivity index (χ2n) is 3.95. The molecule has 5 heteroatoms. The Morgan fingerprint density at radius 2 is 2.21 bits per heavy atom. The summed E-state index contributed by atoms with van der Waals surface area (Å²) in [5.41, 5.74) is 0.802. The van der Waals surface area contributed by atoms with Crippen LogP contribution in [0.3, 0.4) is 0 Å². The first kappa shape index (κ1) is 15.0. The van der Waals surface area contributed by atoms with Crippen molar-refractivity contribution in [2.75, 3.05) is 20.3 Å². The van der Waals surface area contributed by atoms with E-state index in [0.29, 0.717) is 12.3 Å². The number of carbonyl (C=O) groups is 1. The number of nitrogens with zero attached hydrogens (tertiary/aromatic N) is 1. The van der Waals surface area contributed by atoms with E-state index >= 15 is 0 Å². The van der Waals surface area contributed by atoms with Crippen molar-refractivity contribution in [3.8, 4) is 5.75 Å². The average molecular weight is 264 g/mol. The van der Waals surface area contributed by atoms with E-state index < -0.39 is 0 Å². The molecule has 5 nitrogen and oxygen atoms in total. The maximum Gasteiger partial charge on any atom is 0.260 e. The van der Waals surface area contributed by atoms with E-state index in [2.05, 4.69) is 17.4 Å². The molecule has 1 aromatic carbocycles. The monoisotopic (exact) mass is 264 g/mol. The molecule has 0 unspecified atom stereocenters. The van der Waals surface area contributed by atoms with E-state index in [4.69, 9.17) is 9.57 Å². The second kappa shape index (κ2) is 8.97. The maximum absolute atomic E-state index is 11.3. The summed E-state index contributed by atoms with van der Waals surface area (Å²) in [5, 5.41) is 6.49. The van der Waals surface area contributed by atoms with Gasteiger partial charge in [-0.25, -0.2) is 0 Å². The van der Waals surface area contributed by atoms with Crippen LogP contribution in [-0.2, 0) is 9.63 Å². The van der Waals surface area contributed by atoms with Gasteiger partial charge in [0, 0.05) is 12.1 Å². The molecule has 1 aromatic rings. The number of oxime groups is 1. The number of ether oxygens (including phenoxy) is 1. The van der Waals surface area contributed by atoms with Crippen LogP contribution in [0, 0.1) is 0 Å². The van der Waals surface area contributed by atoms with Gasteiger partial charge in [-0.1, -0.05) is 30.6 Å². The molecule has 1 rings (SSSR count). The minimum atomic E-state index is -0.161. The molecule has 0 radical (unpaired) electrons. The number of methoxy groups -OCH3 is 1. The molecule has 0 atom stereocenters. The van der Waals surface area contributed by atoms with Gasteiger partial charge in [0.05, 0.1) is 13.3 Å². The molecule has 0 aliphatic heterocycles. The van der Waals surface area contributed by atoms with E-state index in [1.807, 2.05) is 24.3 Å². The lowest BCUT2D eigenvalue weighted by atomic mass is 10.2. The van der Waals surface area contributed by atoms with Gasteiger partial charge in [-0.05, 0) is 18.6 Å². The van der Waals surface area contributed by atoms with Crippen LogP contribution in [-0.4, -0.2) is 32.4 Å². The third kappa shape index (κ3) is 5.90. The molecule has 0 spiro atoms. The van der Waals surface area contributed by atoms with Gasteiger partial charge in [-0.3, -0.25) is 4.79 Å². The van der Waals surface area contributed by atoms with Crippen molar-refractivity contribution < 1.29 is 14.4 Å². The summed E-state index contributed by atoms with van der Waals surface area (Å²) in [7, 11) is 1.59. The van der Waals surface area contributed by atoms with Crippen LogP contribution >= 0.6 is 0 Å². The molecule has 0 fully saturated rings. The van der Waals surface area contributed by atoms with Gasteiger partial charge in [-0.15, -0.1) is 0 Å². The smallest absolute Gasteiger partial charge is 0.260 e. The molecule has 0 aliphatic rings. The lowest BCUT2D eigenvalue weighted by Gasteiger charge is -2.04. The zero-order valence-electron chi connectivity index (χ0n) is 11.4. The van der Waals surface area contributed by atoms with Crippen molar-refractivity contribution >= 4 is 12.1 Å². The SMILES string of the molecule is CCCCNC(=O)CO/N=C/c1ccccc1OC. The maximum atomic E-state index is 11.3. The summed E-state index contributed by atoms with van der Waals surface area (Å²) in [5.74, 6) is 0.549. The Morgan fingerprint density at radius 1 is 1.42 bits per heavy atom. The first-order chi connectivity index (χ1) is 9.27. The Morgan fingerprint density at radius 3 is 2.95 bits per heavy atom. The predicted octanol–water partition coefficient (Wildman–Crippen LogP) is 1.96. The summed E-state index contributed by atoms with van der Waals surface area (Å²) in [6.07, 6.45) is 3.54. The Labute approximate surface area is 113 Å². The first-order valence-corrected chi connectivity index (χ1v) is 6.33. The van der Waals surface area contributed by atoms with Crippen LogP contribution in [0.4, 0.5) is 0 Å². The number of carbonyl (C=O) groups excluding carboxylic acids is 1. The van der Waals surface area contributed by atoms with Crippen molar-refractivity contribution in [1.82, 2.24) is 5.32 Å². The highest BCUT2D eigenvalue weighted by molar-refractivity contribution is 5.83. The first-order valence-electron chi connectivity index (χ1n) is 6.33. The van der Waals surface area contributed by atoms with Gasteiger partial charge in [-0.2, -0.15) is 0 Å².